The number of rotatable bonds is 6. The first-order valence-electron chi connectivity index (χ1n) is 7.80. The van der Waals surface area contributed by atoms with E-state index in [9.17, 15) is 4.79 Å². The quantitative estimate of drug-likeness (QED) is 0.751. The summed E-state index contributed by atoms with van der Waals surface area (Å²) in [5.41, 5.74) is 2.31. The zero-order valence-corrected chi connectivity index (χ0v) is 14.1. The van der Waals surface area contributed by atoms with Crippen molar-refractivity contribution in [3.63, 3.8) is 0 Å². The van der Waals surface area contributed by atoms with Gasteiger partial charge < -0.3 is 19.4 Å². The summed E-state index contributed by atoms with van der Waals surface area (Å²) >= 11 is 0. The molecule has 0 spiro atoms. The van der Waals surface area contributed by atoms with Gasteiger partial charge in [-0.1, -0.05) is 6.07 Å². The van der Waals surface area contributed by atoms with Gasteiger partial charge >= 0.3 is 0 Å². The Morgan fingerprint density at radius 1 is 1.12 bits per heavy atom. The third-order valence-corrected chi connectivity index (χ3v) is 3.81. The highest BCUT2D eigenvalue weighted by Gasteiger charge is 2.12. The van der Waals surface area contributed by atoms with Crippen molar-refractivity contribution in [2.24, 2.45) is 0 Å². The summed E-state index contributed by atoms with van der Waals surface area (Å²) in [6.45, 7) is 0.386. The van der Waals surface area contributed by atoms with E-state index >= 15 is 0 Å². The summed E-state index contributed by atoms with van der Waals surface area (Å²) in [5.74, 6) is 1.12. The van der Waals surface area contributed by atoms with Crippen LogP contribution in [0.2, 0.25) is 0 Å². The predicted molar refractivity (Wildman–Crippen MR) is 94.3 cm³/mol. The zero-order valence-electron chi connectivity index (χ0n) is 14.1. The molecule has 0 fully saturated rings. The Hall–Kier alpha value is -3.28. The lowest BCUT2D eigenvalue weighted by molar-refractivity contribution is 0.0944. The molecule has 0 atom stereocenters. The van der Waals surface area contributed by atoms with E-state index in [1.54, 1.807) is 37.2 Å². The predicted octanol–water partition coefficient (Wildman–Crippen LogP) is 2.82. The number of benzene rings is 1. The summed E-state index contributed by atoms with van der Waals surface area (Å²) in [7, 11) is 3.17. The van der Waals surface area contributed by atoms with Gasteiger partial charge in [-0.15, -0.1) is 0 Å². The van der Waals surface area contributed by atoms with Gasteiger partial charge in [0, 0.05) is 18.9 Å². The molecule has 0 radical (unpaired) electrons. The standard InChI is InChI=1S/C19H19N3O3/c1-24-17-8-7-14(11-18(17)25-2)12-21-19(23)16-6-4-10-22(16)15-5-3-9-20-13-15/h3-11,13H,12H2,1-2H3,(H,21,23). The van der Waals surface area contributed by atoms with E-state index in [2.05, 4.69) is 10.3 Å². The van der Waals surface area contributed by atoms with Gasteiger partial charge in [-0.2, -0.15) is 0 Å². The van der Waals surface area contributed by atoms with Crippen molar-refractivity contribution in [2.75, 3.05) is 14.2 Å². The maximum atomic E-state index is 12.5. The second kappa shape index (κ2) is 7.53. The Morgan fingerprint density at radius 2 is 1.96 bits per heavy atom. The smallest absolute Gasteiger partial charge is 0.268 e. The third kappa shape index (κ3) is 3.63. The minimum atomic E-state index is -0.163. The third-order valence-electron chi connectivity index (χ3n) is 3.81. The van der Waals surface area contributed by atoms with Crippen LogP contribution in [-0.2, 0) is 6.54 Å². The zero-order chi connectivity index (χ0) is 17.6. The normalized spacial score (nSPS) is 10.3. The summed E-state index contributed by atoms with van der Waals surface area (Å²) in [6, 6.07) is 12.9. The number of methoxy groups -OCH3 is 2. The molecule has 3 aromatic rings. The van der Waals surface area contributed by atoms with Crippen LogP contribution >= 0.6 is 0 Å². The molecule has 6 heteroatoms. The number of nitrogens with one attached hydrogen (secondary N) is 1. The van der Waals surface area contributed by atoms with E-state index in [-0.39, 0.29) is 5.91 Å². The molecule has 0 saturated carbocycles. The lowest BCUT2D eigenvalue weighted by Crippen LogP contribution is -2.25. The van der Waals surface area contributed by atoms with E-state index < -0.39 is 0 Å². The highest BCUT2D eigenvalue weighted by atomic mass is 16.5. The van der Waals surface area contributed by atoms with E-state index in [0.717, 1.165) is 11.3 Å². The van der Waals surface area contributed by atoms with Gasteiger partial charge in [0.1, 0.15) is 5.69 Å². The Morgan fingerprint density at radius 3 is 2.68 bits per heavy atom. The van der Waals surface area contributed by atoms with E-state index in [1.165, 1.54) is 0 Å². The summed E-state index contributed by atoms with van der Waals surface area (Å²) in [5, 5.41) is 2.92. The van der Waals surface area contributed by atoms with Gasteiger partial charge in [0.05, 0.1) is 26.1 Å². The molecule has 0 bridgehead atoms. The highest BCUT2D eigenvalue weighted by molar-refractivity contribution is 5.93. The number of hydrogen-bond donors (Lipinski definition) is 1. The molecule has 3 rings (SSSR count). The number of pyridine rings is 1. The first-order chi connectivity index (χ1) is 12.2. The van der Waals surface area contributed by atoms with Crippen molar-refractivity contribution in [3.8, 4) is 17.2 Å². The number of carbonyl (C=O) groups excluding carboxylic acids is 1. The van der Waals surface area contributed by atoms with Gasteiger partial charge in [-0.05, 0) is 42.0 Å². The lowest BCUT2D eigenvalue weighted by Gasteiger charge is -2.11. The SMILES string of the molecule is COc1ccc(CNC(=O)c2cccn2-c2cccnc2)cc1OC. The van der Waals surface area contributed by atoms with Crippen LogP contribution in [0.5, 0.6) is 11.5 Å². The fourth-order valence-electron chi connectivity index (χ4n) is 2.55. The monoisotopic (exact) mass is 337 g/mol. The summed E-state index contributed by atoms with van der Waals surface area (Å²) < 4.78 is 12.3. The van der Waals surface area contributed by atoms with Crippen LogP contribution in [0.3, 0.4) is 0 Å². The van der Waals surface area contributed by atoms with Crippen molar-refractivity contribution in [1.29, 1.82) is 0 Å². The molecule has 128 valence electrons. The largest absolute Gasteiger partial charge is 0.493 e. The number of hydrogen-bond acceptors (Lipinski definition) is 4. The van der Waals surface area contributed by atoms with Gasteiger partial charge in [0.25, 0.3) is 5.91 Å². The molecule has 6 nitrogen and oxygen atoms in total. The van der Waals surface area contributed by atoms with E-state index in [4.69, 9.17) is 9.47 Å². The van der Waals surface area contributed by atoms with Crippen LogP contribution < -0.4 is 14.8 Å². The van der Waals surface area contributed by atoms with Crippen molar-refractivity contribution >= 4 is 5.91 Å². The van der Waals surface area contributed by atoms with Gasteiger partial charge in [-0.25, -0.2) is 0 Å². The lowest BCUT2D eigenvalue weighted by atomic mass is 10.2. The number of ether oxygens (including phenoxy) is 2. The highest BCUT2D eigenvalue weighted by Crippen LogP contribution is 2.27. The molecule has 1 aromatic carbocycles. The minimum Gasteiger partial charge on any atom is -0.493 e. The van der Waals surface area contributed by atoms with E-state index in [0.29, 0.717) is 23.7 Å². The van der Waals surface area contributed by atoms with Crippen LogP contribution in [0.4, 0.5) is 0 Å². The average Bonchev–Trinajstić information content (AvgIpc) is 3.16. The van der Waals surface area contributed by atoms with E-state index in [1.807, 2.05) is 42.6 Å². The summed E-state index contributed by atoms with van der Waals surface area (Å²) in [6.07, 6.45) is 5.25. The second-order valence-electron chi connectivity index (χ2n) is 5.35. The van der Waals surface area contributed by atoms with Gasteiger partial charge in [-0.3, -0.25) is 9.78 Å². The molecule has 0 aliphatic carbocycles. The van der Waals surface area contributed by atoms with Crippen LogP contribution in [0, 0.1) is 0 Å². The molecule has 25 heavy (non-hydrogen) atoms. The molecule has 0 saturated heterocycles. The van der Waals surface area contributed by atoms with Crippen LogP contribution in [0.25, 0.3) is 5.69 Å². The average molecular weight is 337 g/mol. The maximum Gasteiger partial charge on any atom is 0.268 e. The number of carbonyl (C=O) groups is 1. The molecule has 0 aliphatic rings. The molecular weight excluding hydrogens is 318 g/mol. The Balaban J connectivity index is 1.73. The van der Waals surface area contributed by atoms with Crippen LogP contribution in [0.15, 0.2) is 61.1 Å². The molecule has 2 heterocycles. The molecule has 2 aromatic heterocycles. The molecule has 0 unspecified atom stereocenters. The second-order valence-corrected chi connectivity index (χ2v) is 5.35. The van der Waals surface area contributed by atoms with Gasteiger partial charge in [0.2, 0.25) is 0 Å². The fraction of sp³-hybridized carbons (Fsp3) is 0.158. The van der Waals surface area contributed by atoms with Crippen molar-refractivity contribution in [1.82, 2.24) is 14.9 Å². The van der Waals surface area contributed by atoms with Crippen LogP contribution in [0.1, 0.15) is 16.1 Å². The Bertz CT molecular complexity index is 859. The Kier molecular flexibility index (Phi) is 4.99. The molecule has 1 amide bonds. The topological polar surface area (TPSA) is 65.4 Å². The fourth-order valence-corrected chi connectivity index (χ4v) is 2.55. The first kappa shape index (κ1) is 16.6. The molecule has 0 aliphatic heterocycles. The van der Waals surface area contributed by atoms with Gasteiger partial charge in [0.15, 0.2) is 11.5 Å². The van der Waals surface area contributed by atoms with Crippen molar-refractivity contribution < 1.29 is 14.3 Å². The minimum absolute atomic E-state index is 0.163. The molecule has 1 N–H and O–H groups in total. The Labute approximate surface area is 146 Å². The summed E-state index contributed by atoms with van der Waals surface area (Å²) in [4.78, 5) is 16.6. The first-order valence-corrected chi connectivity index (χ1v) is 7.80. The van der Waals surface area contributed by atoms with Crippen molar-refractivity contribution in [2.45, 2.75) is 6.54 Å². The molecular formula is C19H19N3O3. The van der Waals surface area contributed by atoms with Crippen molar-refractivity contribution in [3.05, 3.63) is 72.3 Å². The number of aromatic nitrogens is 2. The van der Waals surface area contributed by atoms with Crippen LogP contribution in [-0.4, -0.2) is 29.7 Å². The number of nitrogens with zero attached hydrogens (tertiary/aromatic N) is 2. The maximum absolute atomic E-state index is 12.5. The number of amides is 1.